The maximum absolute atomic E-state index is 12.3. The zero-order valence-corrected chi connectivity index (χ0v) is 13.2. The summed E-state index contributed by atoms with van der Waals surface area (Å²) >= 11 is 0. The number of ether oxygens (including phenoxy) is 1. The fraction of sp³-hybridized carbons (Fsp3) is 0.222. The summed E-state index contributed by atoms with van der Waals surface area (Å²) < 4.78 is 17.7. The van der Waals surface area contributed by atoms with Gasteiger partial charge in [0.05, 0.1) is 5.52 Å². The number of nitrogens with zero attached hydrogens (tertiary/aromatic N) is 2. The molecule has 0 saturated carbocycles. The second kappa shape index (κ2) is 7.59. The van der Waals surface area contributed by atoms with Gasteiger partial charge in [0.2, 0.25) is 0 Å². The molecule has 0 aliphatic rings. The molecule has 0 amide bonds. The third-order valence-corrected chi connectivity index (χ3v) is 3.65. The number of nitrogens with two attached hydrogens (primary N) is 1. The molecule has 124 valence electrons. The SMILES string of the molecule is Nc1ccc2ncnc(NCCc3ccccc3OCCF)c2c1. The number of hydrogen-bond donors (Lipinski definition) is 2. The molecule has 3 rings (SSSR count). The van der Waals surface area contributed by atoms with Gasteiger partial charge in [0.1, 0.15) is 31.2 Å². The Kier molecular flexibility index (Phi) is 5.05. The Bertz CT molecular complexity index is 825. The predicted octanol–water partition coefficient (Wildman–Crippen LogP) is 3.21. The summed E-state index contributed by atoms with van der Waals surface area (Å²) in [6, 6.07) is 13.2. The van der Waals surface area contributed by atoms with Gasteiger partial charge in [-0.25, -0.2) is 14.4 Å². The minimum Gasteiger partial charge on any atom is -0.491 e. The van der Waals surface area contributed by atoms with Crippen molar-refractivity contribution in [1.82, 2.24) is 9.97 Å². The monoisotopic (exact) mass is 326 g/mol. The minimum absolute atomic E-state index is 0.0697. The summed E-state index contributed by atoms with van der Waals surface area (Å²) in [6.45, 7) is 0.234. The van der Waals surface area contributed by atoms with E-state index in [0.29, 0.717) is 18.0 Å². The van der Waals surface area contributed by atoms with Crippen LogP contribution < -0.4 is 15.8 Å². The summed E-state index contributed by atoms with van der Waals surface area (Å²) in [5.74, 6) is 1.46. The van der Waals surface area contributed by atoms with Gasteiger partial charge in [-0.05, 0) is 36.2 Å². The topological polar surface area (TPSA) is 73.1 Å². The maximum atomic E-state index is 12.3. The van der Waals surface area contributed by atoms with Gasteiger partial charge in [-0.1, -0.05) is 18.2 Å². The minimum atomic E-state index is -0.499. The second-order valence-corrected chi connectivity index (χ2v) is 5.32. The first-order valence-electron chi connectivity index (χ1n) is 7.78. The summed E-state index contributed by atoms with van der Waals surface area (Å²) in [6.07, 6.45) is 2.26. The Morgan fingerprint density at radius 2 is 2.00 bits per heavy atom. The average Bonchev–Trinajstić information content (AvgIpc) is 2.61. The van der Waals surface area contributed by atoms with Crippen LogP contribution in [0.4, 0.5) is 15.9 Å². The van der Waals surface area contributed by atoms with Crippen LogP contribution in [0.5, 0.6) is 5.75 Å². The highest BCUT2D eigenvalue weighted by molar-refractivity contribution is 5.91. The molecule has 0 unspecified atom stereocenters. The first-order chi connectivity index (χ1) is 11.8. The molecular weight excluding hydrogens is 307 g/mol. The van der Waals surface area contributed by atoms with Crippen LogP contribution in [0.3, 0.4) is 0 Å². The lowest BCUT2D eigenvalue weighted by Crippen LogP contribution is -2.09. The molecule has 3 N–H and O–H groups in total. The van der Waals surface area contributed by atoms with Crippen LogP contribution in [-0.4, -0.2) is 29.8 Å². The normalized spacial score (nSPS) is 10.7. The summed E-state index contributed by atoms with van der Waals surface area (Å²) in [4.78, 5) is 8.53. The van der Waals surface area contributed by atoms with Crippen molar-refractivity contribution in [3.05, 3.63) is 54.4 Å². The van der Waals surface area contributed by atoms with Gasteiger partial charge in [0, 0.05) is 17.6 Å². The Labute approximate surface area is 139 Å². The molecule has 0 aliphatic carbocycles. The molecule has 0 saturated heterocycles. The van der Waals surface area contributed by atoms with Crippen molar-refractivity contribution in [3.8, 4) is 5.75 Å². The molecule has 0 bridgehead atoms. The molecule has 1 aromatic heterocycles. The van der Waals surface area contributed by atoms with Crippen molar-refractivity contribution in [1.29, 1.82) is 0 Å². The predicted molar refractivity (Wildman–Crippen MR) is 94.1 cm³/mol. The zero-order valence-electron chi connectivity index (χ0n) is 13.2. The average molecular weight is 326 g/mol. The molecule has 0 aliphatic heterocycles. The van der Waals surface area contributed by atoms with Crippen LogP contribution in [-0.2, 0) is 6.42 Å². The molecule has 6 heteroatoms. The number of hydrogen-bond acceptors (Lipinski definition) is 5. The Morgan fingerprint density at radius 1 is 1.12 bits per heavy atom. The molecule has 2 aromatic carbocycles. The molecule has 5 nitrogen and oxygen atoms in total. The lowest BCUT2D eigenvalue weighted by atomic mass is 10.1. The molecular formula is C18H19FN4O. The van der Waals surface area contributed by atoms with E-state index in [2.05, 4.69) is 15.3 Å². The summed E-state index contributed by atoms with van der Waals surface area (Å²) in [5, 5.41) is 4.20. The van der Waals surface area contributed by atoms with E-state index in [0.717, 1.165) is 28.7 Å². The number of benzene rings is 2. The van der Waals surface area contributed by atoms with Crippen molar-refractivity contribution < 1.29 is 9.13 Å². The molecule has 0 fully saturated rings. The highest BCUT2D eigenvalue weighted by Crippen LogP contribution is 2.22. The van der Waals surface area contributed by atoms with Crippen LogP contribution in [0.1, 0.15) is 5.56 Å². The number of nitrogen functional groups attached to an aromatic ring is 1. The van der Waals surface area contributed by atoms with Crippen LogP contribution >= 0.6 is 0 Å². The first kappa shape index (κ1) is 16.0. The van der Waals surface area contributed by atoms with Gasteiger partial charge in [-0.15, -0.1) is 0 Å². The van der Waals surface area contributed by atoms with E-state index in [9.17, 15) is 4.39 Å². The van der Waals surface area contributed by atoms with E-state index >= 15 is 0 Å². The molecule has 0 spiro atoms. The van der Waals surface area contributed by atoms with E-state index in [1.54, 1.807) is 0 Å². The van der Waals surface area contributed by atoms with Crippen LogP contribution in [0.2, 0.25) is 0 Å². The van der Waals surface area contributed by atoms with Crippen molar-refractivity contribution in [2.75, 3.05) is 30.9 Å². The van der Waals surface area contributed by atoms with Gasteiger partial charge in [0.25, 0.3) is 0 Å². The fourth-order valence-electron chi connectivity index (χ4n) is 2.53. The lowest BCUT2D eigenvalue weighted by molar-refractivity contribution is 0.271. The fourth-order valence-corrected chi connectivity index (χ4v) is 2.53. The first-order valence-corrected chi connectivity index (χ1v) is 7.78. The summed E-state index contributed by atoms with van der Waals surface area (Å²) in [7, 11) is 0. The molecule has 3 aromatic rings. The molecule has 0 radical (unpaired) electrons. The largest absolute Gasteiger partial charge is 0.491 e. The van der Waals surface area contributed by atoms with Gasteiger partial charge < -0.3 is 15.8 Å². The standard InChI is InChI=1S/C18H19FN4O/c19-8-10-24-17-4-2-1-3-13(17)7-9-21-18-15-11-14(20)5-6-16(15)22-12-23-18/h1-6,11-12H,7-10,20H2,(H,21,22,23). The van der Waals surface area contributed by atoms with Crippen LogP contribution in [0, 0.1) is 0 Å². The third-order valence-electron chi connectivity index (χ3n) is 3.65. The number of alkyl halides is 1. The van der Waals surface area contributed by atoms with Crippen molar-refractivity contribution >= 4 is 22.4 Å². The van der Waals surface area contributed by atoms with Gasteiger partial charge >= 0.3 is 0 Å². The van der Waals surface area contributed by atoms with E-state index in [-0.39, 0.29) is 6.61 Å². The molecule has 0 atom stereocenters. The maximum Gasteiger partial charge on any atom is 0.137 e. The van der Waals surface area contributed by atoms with E-state index in [4.69, 9.17) is 10.5 Å². The highest BCUT2D eigenvalue weighted by atomic mass is 19.1. The van der Waals surface area contributed by atoms with E-state index < -0.39 is 6.67 Å². The van der Waals surface area contributed by atoms with E-state index in [1.807, 2.05) is 42.5 Å². The Morgan fingerprint density at radius 3 is 2.88 bits per heavy atom. The number of para-hydroxylation sites is 1. The molecule has 24 heavy (non-hydrogen) atoms. The van der Waals surface area contributed by atoms with Crippen molar-refractivity contribution in [2.45, 2.75) is 6.42 Å². The second-order valence-electron chi connectivity index (χ2n) is 5.32. The summed E-state index contributed by atoms with van der Waals surface area (Å²) in [5.41, 5.74) is 8.39. The third kappa shape index (κ3) is 3.71. The Balaban J connectivity index is 1.70. The number of halogens is 1. The van der Waals surface area contributed by atoms with Crippen LogP contribution in [0.25, 0.3) is 10.9 Å². The number of aromatic nitrogens is 2. The number of anilines is 2. The quantitative estimate of drug-likeness (QED) is 0.652. The highest BCUT2D eigenvalue weighted by Gasteiger charge is 2.06. The lowest BCUT2D eigenvalue weighted by Gasteiger charge is -2.12. The van der Waals surface area contributed by atoms with Crippen molar-refractivity contribution in [2.24, 2.45) is 0 Å². The molecule has 1 heterocycles. The van der Waals surface area contributed by atoms with Crippen molar-refractivity contribution in [3.63, 3.8) is 0 Å². The van der Waals surface area contributed by atoms with Crippen LogP contribution in [0.15, 0.2) is 48.8 Å². The van der Waals surface area contributed by atoms with Gasteiger partial charge in [0.15, 0.2) is 0 Å². The number of nitrogens with one attached hydrogen (secondary N) is 1. The Hall–Kier alpha value is -2.89. The zero-order chi connectivity index (χ0) is 16.8. The smallest absolute Gasteiger partial charge is 0.137 e. The number of rotatable bonds is 7. The number of fused-ring (bicyclic) bond motifs is 1. The van der Waals surface area contributed by atoms with Gasteiger partial charge in [-0.3, -0.25) is 0 Å². The van der Waals surface area contributed by atoms with E-state index in [1.165, 1.54) is 6.33 Å². The van der Waals surface area contributed by atoms with Gasteiger partial charge in [-0.2, -0.15) is 0 Å².